The van der Waals surface area contributed by atoms with Gasteiger partial charge in [0.2, 0.25) is 0 Å². The van der Waals surface area contributed by atoms with Gasteiger partial charge in [-0.25, -0.2) is 0 Å². The Morgan fingerprint density at radius 1 is 1.36 bits per heavy atom. The van der Waals surface area contributed by atoms with E-state index in [0.29, 0.717) is 12.0 Å². The van der Waals surface area contributed by atoms with Gasteiger partial charge in [0.05, 0.1) is 0 Å². The average molecular weight is 254 g/mol. The van der Waals surface area contributed by atoms with Crippen LogP contribution in [0.5, 0.6) is 0 Å². The zero-order valence-corrected chi connectivity index (χ0v) is 10.4. The van der Waals surface area contributed by atoms with E-state index in [9.17, 15) is 0 Å². The van der Waals surface area contributed by atoms with Crippen LogP contribution in [0.25, 0.3) is 0 Å². The Bertz CT molecular complexity index is 371. The van der Waals surface area contributed by atoms with Gasteiger partial charge in [-0.05, 0) is 35.6 Å². The first-order chi connectivity index (χ1) is 6.44. The number of hydrogen-bond donors (Lipinski definition) is 1. The molecule has 2 heteroatoms. The van der Waals surface area contributed by atoms with Gasteiger partial charge < -0.3 is 5.73 Å². The topological polar surface area (TPSA) is 26.0 Å². The molecule has 0 amide bonds. The molecular formula is C12H16BrN. The molecule has 0 spiro atoms. The molecular weight excluding hydrogens is 238 g/mol. The van der Waals surface area contributed by atoms with E-state index in [4.69, 9.17) is 5.73 Å². The molecule has 76 valence electrons. The van der Waals surface area contributed by atoms with Crippen LogP contribution >= 0.6 is 15.9 Å². The summed E-state index contributed by atoms with van der Waals surface area (Å²) in [4.78, 5) is 0. The molecule has 1 aliphatic carbocycles. The highest BCUT2D eigenvalue weighted by atomic mass is 79.9. The monoisotopic (exact) mass is 253 g/mol. The van der Waals surface area contributed by atoms with Crippen LogP contribution in [-0.4, -0.2) is 6.04 Å². The number of benzene rings is 1. The fourth-order valence-corrected chi connectivity index (χ4v) is 2.74. The smallest absolute Gasteiger partial charge is 0.0178 e. The summed E-state index contributed by atoms with van der Waals surface area (Å²) in [7, 11) is 0. The molecule has 1 aliphatic rings. The molecule has 14 heavy (non-hydrogen) atoms. The van der Waals surface area contributed by atoms with Gasteiger partial charge in [-0.15, -0.1) is 0 Å². The van der Waals surface area contributed by atoms with Crippen molar-refractivity contribution in [2.75, 3.05) is 0 Å². The largest absolute Gasteiger partial charge is 0.327 e. The van der Waals surface area contributed by atoms with Gasteiger partial charge in [0.15, 0.2) is 0 Å². The minimum absolute atomic E-state index is 0.276. The molecule has 0 unspecified atom stereocenters. The van der Waals surface area contributed by atoms with Crippen molar-refractivity contribution in [1.82, 2.24) is 0 Å². The molecule has 0 heterocycles. The van der Waals surface area contributed by atoms with Crippen molar-refractivity contribution in [2.45, 2.75) is 32.7 Å². The second-order valence-corrected chi connectivity index (χ2v) is 5.74. The molecule has 0 aliphatic heterocycles. The molecule has 1 aromatic carbocycles. The third kappa shape index (κ3) is 1.41. The van der Waals surface area contributed by atoms with E-state index in [1.165, 1.54) is 11.1 Å². The Hall–Kier alpha value is -0.340. The highest BCUT2D eigenvalue weighted by molar-refractivity contribution is 9.10. The van der Waals surface area contributed by atoms with Crippen LogP contribution < -0.4 is 5.73 Å². The highest BCUT2D eigenvalue weighted by Gasteiger charge is 2.56. The van der Waals surface area contributed by atoms with Crippen LogP contribution in [-0.2, 0) is 0 Å². The third-order valence-electron chi connectivity index (χ3n) is 3.48. The summed E-state index contributed by atoms with van der Waals surface area (Å²) in [6.07, 6.45) is 0. The molecule has 1 nitrogen and oxygen atoms in total. The minimum Gasteiger partial charge on any atom is -0.327 e. The zero-order valence-electron chi connectivity index (χ0n) is 8.84. The van der Waals surface area contributed by atoms with Crippen molar-refractivity contribution in [3.63, 3.8) is 0 Å². The first-order valence-electron chi connectivity index (χ1n) is 4.96. The van der Waals surface area contributed by atoms with Crippen molar-refractivity contribution in [1.29, 1.82) is 0 Å². The lowest BCUT2D eigenvalue weighted by molar-refractivity contribution is 0.598. The Balaban J connectivity index is 2.36. The van der Waals surface area contributed by atoms with E-state index >= 15 is 0 Å². The van der Waals surface area contributed by atoms with Crippen molar-refractivity contribution < 1.29 is 0 Å². The maximum Gasteiger partial charge on any atom is 0.0178 e. The van der Waals surface area contributed by atoms with E-state index in [1.54, 1.807) is 0 Å². The molecule has 0 bridgehead atoms. The van der Waals surface area contributed by atoms with E-state index < -0.39 is 0 Å². The van der Waals surface area contributed by atoms with Gasteiger partial charge in [0, 0.05) is 16.4 Å². The molecule has 0 radical (unpaired) electrons. The van der Waals surface area contributed by atoms with Gasteiger partial charge in [-0.1, -0.05) is 35.8 Å². The predicted molar refractivity (Wildman–Crippen MR) is 63.4 cm³/mol. The zero-order chi connectivity index (χ0) is 10.5. The van der Waals surface area contributed by atoms with Crippen molar-refractivity contribution in [3.05, 3.63) is 33.8 Å². The summed E-state index contributed by atoms with van der Waals surface area (Å²) in [5.74, 6) is 0.538. The van der Waals surface area contributed by atoms with Gasteiger partial charge in [0.25, 0.3) is 0 Å². The van der Waals surface area contributed by atoms with Gasteiger partial charge in [-0.3, -0.25) is 0 Å². The molecule has 1 fully saturated rings. The lowest BCUT2D eigenvalue weighted by Crippen LogP contribution is -2.06. The second-order valence-electron chi connectivity index (χ2n) is 4.83. The molecule has 1 aromatic rings. The number of halogens is 1. The van der Waals surface area contributed by atoms with E-state index in [2.05, 4.69) is 54.9 Å². The number of rotatable bonds is 1. The van der Waals surface area contributed by atoms with Crippen LogP contribution in [0.2, 0.25) is 0 Å². The normalized spacial score (nSPS) is 28.9. The van der Waals surface area contributed by atoms with Crippen LogP contribution in [0.1, 0.15) is 30.9 Å². The lowest BCUT2D eigenvalue weighted by atomic mass is 9.99. The van der Waals surface area contributed by atoms with Gasteiger partial charge in [-0.2, -0.15) is 0 Å². The summed E-state index contributed by atoms with van der Waals surface area (Å²) in [5, 5.41) is 0. The van der Waals surface area contributed by atoms with Crippen LogP contribution in [0.3, 0.4) is 0 Å². The van der Waals surface area contributed by atoms with Crippen molar-refractivity contribution in [2.24, 2.45) is 11.1 Å². The first-order valence-corrected chi connectivity index (χ1v) is 5.75. The first kappa shape index (κ1) is 10.2. The SMILES string of the molecule is Cc1cc(Br)ccc1[C@H]1[C@H](N)C1(C)C. The van der Waals surface area contributed by atoms with Crippen molar-refractivity contribution >= 4 is 15.9 Å². The van der Waals surface area contributed by atoms with Crippen molar-refractivity contribution in [3.8, 4) is 0 Å². The molecule has 2 N–H and O–H groups in total. The number of hydrogen-bond acceptors (Lipinski definition) is 1. The Morgan fingerprint density at radius 2 is 1.93 bits per heavy atom. The lowest BCUT2D eigenvalue weighted by Gasteiger charge is -2.07. The number of aryl methyl sites for hydroxylation is 1. The summed E-state index contributed by atoms with van der Waals surface area (Å²) in [6.45, 7) is 6.63. The fourth-order valence-electron chi connectivity index (χ4n) is 2.26. The Morgan fingerprint density at radius 3 is 2.36 bits per heavy atom. The summed E-state index contributed by atoms with van der Waals surface area (Å²) < 4.78 is 1.14. The highest BCUT2D eigenvalue weighted by Crippen LogP contribution is 2.57. The molecule has 2 rings (SSSR count). The molecule has 0 saturated heterocycles. The summed E-state index contributed by atoms with van der Waals surface area (Å²) >= 11 is 3.48. The molecule has 1 saturated carbocycles. The summed E-state index contributed by atoms with van der Waals surface area (Å²) in [6, 6.07) is 6.78. The quantitative estimate of drug-likeness (QED) is 0.818. The maximum absolute atomic E-state index is 6.07. The van der Waals surface area contributed by atoms with Gasteiger partial charge >= 0.3 is 0 Å². The Labute approximate surface area is 93.8 Å². The number of nitrogens with two attached hydrogens (primary N) is 1. The van der Waals surface area contributed by atoms with Crippen LogP contribution in [0, 0.1) is 12.3 Å². The van der Waals surface area contributed by atoms with E-state index in [1.807, 2.05) is 0 Å². The van der Waals surface area contributed by atoms with Crippen LogP contribution in [0.15, 0.2) is 22.7 Å². The standard InChI is InChI=1S/C12H16BrN/c1-7-6-8(13)4-5-9(7)10-11(14)12(10,2)3/h4-6,10-11H,14H2,1-3H3/t10-,11-/m0/s1. The van der Waals surface area contributed by atoms with Crippen LogP contribution in [0.4, 0.5) is 0 Å². The maximum atomic E-state index is 6.07. The third-order valence-corrected chi connectivity index (χ3v) is 3.97. The summed E-state index contributed by atoms with van der Waals surface area (Å²) in [5.41, 5.74) is 9.09. The fraction of sp³-hybridized carbons (Fsp3) is 0.500. The minimum atomic E-state index is 0.276. The second kappa shape index (κ2) is 3.07. The van der Waals surface area contributed by atoms with Gasteiger partial charge in [0.1, 0.15) is 0 Å². The van der Waals surface area contributed by atoms with E-state index in [0.717, 1.165) is 4.47 Å². The molecule has 2 atom stereocenters. The average Bonchev–Trinajstić information content (AvgIpc) is 2.54. The Kier molecular flexibility index (Phi) is 2.24. The molecule has 0 aromatic heterocycles. The van der Waals surface area contributed by atoms with E-state index in [-0.39, 0.29) is 5.41 Å². The predicted octanol–water partition coefficient (Wildman–Crippen LogP) is 3.21.